The van der Waals surface area contributed by atoms with Crippen molar-refractivity contribution in [2.45, 2.75) is 0 Å². The van der Waals surface area contributed by atoms with E-state index in [-0.39, 0.29) is 22.8 Å². The number of benzene rings is 3. The largest absolute Gasteiger partial charge is 0.493 e. The fourth-order valence-electron chi connectivity index (χ4n) is 3.30. The molecule has 2 N–H and O–H groups in total. The Labute approximate surface area is 188 Å². The standard InChI is InChI=1S/C24H19ClN2O5/c1-30-19-9-5-7-17(21(19)31-2)23(28)27-20-16-6-3-4-8-18(16)32-22(20)24(29)26-15-12-10-14(25)11-13-15/h3-13H,1-2H3,(H,26,29)(H,27,28). The van der Waals surface area contributed by atoms with E-state index >= 15 is 0 Å². The molecule has 32 heavy (non-hydrogen) atoms. The number of para-hydroxylation sites is 2. The van der Waals surface area contributed by atoms with Crippen LogP contribution in [0.2, 0.25) is 5.02 Å². The van der Waals surface area contributed by atoms with Gasteiger partial charge in [-0.1, -0.05) is 29.8 Å². The fraction of sp³-hybridized carbons (Fsp3) is 0.0833. The van der Waals surface area contributed by atoms with Gasteiger partial charge >= 0.3 is 0 Å². The molecule has 0 aliphatic carbocycles. The van der Waals surface area contributed by atoms with Gasteiger partial charge in [0.15, 0.2) is 11.5 Å². The van der Waals surface area contributed by atoms with Gasteiger partial charge in [0.1, 0.15) is 11.3 Å². The van der Waals surface area contributed by atoms with Crippen molar-refractivity contribution in [3.63, 3.8) is 0 Å². The van der Waals surface area contributed by atoms with Gasteiger partial charge in [0, 0.05) is 16.1 Å². The average Bonchev–Trinajstić information content (AvgIpc) is 3.18. The number of hydrogen-bond acceptors (Lipinski definition) is 5. The summed E-state index contributed by atoms with van der Waals surface area (Å²) in [5, 5.41) is 6.69. The molecular weight excluding hydrogens is 432 g/mol. The highest BCUT2D eigenvalue weighted by molar-refractivity contribution is 6.30. The molecule has 8 heteroatoms. The molecule has 4 aromatic rings. The average molecular weight is 451 g/mol. The van der Waals surface area contributed by atoms with Crippen LogP contribution in [0.4, 0.5) is 11.4 Å². The number of rotatable bonds is 6. The molecule has 2 amide bonds. The first kappa shape index (κ1) is 21.3. The molecule has 7 nitrogen and oxygen atoms in total. The van der Waals surface area contributed by atoms with Gasteiger partial charge in [-0.05, 0) is 48.5 Å². The van der Waals surface area contributed by atoms with Gasteiger partial charge in [-0.25, -0.2) is 0 Å². The normalized spacial score (nSPS) is 10.6. The summed E-state index contributed by atoms with van der Waals surface area (Å²) in [6.45, 7) is 0. The molecule has 3 aromatic carbocycles. The van der Waals surface area contributed by atoms with Crippen molar-refractivity contribution < 1.29 is 23.5 Å². The predicted octanol–water partition coefficient (Wildman–Crippen LogP) is 5.61. The van der Waals surface area contributed by atoms with Gasteiger partial charge in [0.05, 0.1) is 19.8 Å². The minimum atomic E-state index is -0.517. The summed E-state index contributed by atoms with van der Waals surface area (Å²) in [5.74, 6) is -0.328. The van der Waals surface area contributed by atoms with Gasteiger partial charge in [-0.3, -0.25) is 9.59 Å². The van der Waals surface area contributed by atoms with Crippen LogP contribution in [-0.4, -0.2) is 26.0 Å². The van der Waals surface area contributed by atoms with Crippen molar-refractivity contribution in [1.82, 2.24) is 0 Å². The maximum Gasteiger partial charge on any atom is 0.293 e. The minimum absolute atomic E-state index is 0.0311. The van der Waals surface area contributed by atoms with Gasteiger partial charge in [-0.15, -0.1) is 0 Å². The van der Waals surface area contributed by atoms with E-state index in [0.29, 0.717) is 27.4 Å². The summed E-state index contributed by atoms with van der Waals surface area (Å²) in [6, 6.07) is 18.7. The van der Waals surface area contributed by atoms with E-state index in [2.05, 4.69) is 10.6 Å². The Bertz CT molecular complexity index is 1300. The molecule has 0 saturated carbocycles. The summed E-state index contributed by atoms with van der Waals surface area (Å²) >= 11 is 5.91. The summed E-state index contributed by atoms with van der Waals surface area (Å²) in [4.78, 5) is 26.1. The molecule has 0 atom stereocenters. The Balaban J connectivity index is 1.71. The van der Waals surface area contributed by atoms with Crippen LogP contribution < -0.4 is 20.1 Å². The number of carbonyl (C=O) groups is 2. The SMILES string of the molecule is COc1cccc(C(=O)Nc2c(C(=O)Nc3ccc(Cl)cc3)oc3ccccc23)c1OC. The zero-order valence-electron chi connectivity index (χ0n) is 17.3. The lowest BCUT2D eigenvalue weighted by molar-refractivity contribution is 0.0999. The molecule has 0 radical (unpaired) electrons. The van der Waals surface area contributed by atoms with Gasteiger partial charge in [0.25, 0.3) is 11.8 Å². The summed E-state index contributed by atoms with van der Waals surface area (Å²) < 4.78 is 16.4. The summed E-state index contributed by atoms with van der Waals surface area (Å²) in [7, 11) is 2.94. The van der Waals surface area contributed by atoms with Crippen LogP contribution in [0, 0.1) is 0 Å². The van der Waals surface area contributed by atoms with Crippen molar-refractivity contribution >= 4 is 45.8 Å². The van der Waals surface area contributed by atoms with Crippen molar-refractivity contribution in [2.75, 3.05) is 24.9 Å². The van der Waals surface area contributed by atoms with Crippen LogP contribution in [0.3, 0.4) is 0 Å². The fourth-order valence-corrected chi connectivity index (χ4v) is 3.42. The van der Waals surface area contributed by atoms with E-state index < -0.39 is 11.8 Å². The molecule has 4 rings (SSSR count). The third-order valence-electron chi connectivity index (χ3n) is 4.79. The highest BCUT2D eigenvalue weighted by Crippen LogP contribution is 2.35. The number of nitrogens with one attached hydrogen (secondary N) is 2. The second-order valence-corrected chi connectivity index (χ2v) is 7.20. The molecule has 0 aliphatic rings. The Morgan fingerprint density at radius 3 is 2.31 bits per heavy atom. The Kier molecular flexibility index (Phi) is 6.00. The highest BCUT2D eigenvalue weighted by Gasteiger charge is 2.24. The van der Waals surface area contributed by atoms with Crippen LogP contribution in [0.25, 0.3) is 11.0 Å². The monoisotopic (exact) mass is 450 g/mol. The number of anilines is 2. The van der Waals surface area contributed by atoms with Crippen LogP contribution in [-0.2, 0) is 0 Å². The highest BCUT2D eigenvalue weighted by atomic mass is 35.5. The number of ether oxygens (including phenoxy) is 2. The van der Waals surface area contributed by atoms with Crippen molar-refractivity contribution in [2.24, 2.45) is 0 Å². The molecule has 0 saturated heterocycles. The molecular formula is C24H19ClN2O5. The van der Waals surface area contributed by atoms with Crippen LogP contribution in [0.1, 0.15) is 20.9 Å². The lowest BCUT2D eigenvalue weighted by Gasteiger charge is -2.13. The molecule has 0 unspecified atom stereocenters. The topological polar surface area (TPSA) is 89.8 Å². The Hall–Kier alpha value is -3.97. The molecule has 0 fully saturated rings. The Morgan fingerprint density at radius 1 is 0.844 bits per heavy atom. The molecule has 0 aliphatic heterocycles. The minimum Gasteiger partial charge on any atom is -0.493 e. The summed E-state index contributed by atoms with van der Waals surface area (Å²) in [6.07, 6.45) is 0. The zero-order valence-corrected chi connectivity index (χ0v) is 18.0. The van der Waals surface area contributed by atoms with E-state index in [1.54, 1.807) is 66.7 Å². The molecule has 0 spiro atoms. The molecule has 1 heterocycles. The van der Waals surface area contributed by atoms with Crippen LogP contribution >= 0.6 is 11.6 Å². The number of furan rings is 1. The van der Waals surface area contributed by atoms with Gasteiger partial charge in [-0.2, -0.15) is 0 Å². The number of carbonyl (C=O) groups excluding carboxylic acids is 2. The van der Waals surface area contributed by atoms with E-state index in [4.69, 9.17) is 25.5 Å². The summed E-state index contributed by atoms with van der Waals surface area (Å²) in [5.41, 5.74) is 1.50. The zero-order chi connectivity index (χ0) is 22.7. The number of amides is 2. The van der Waals surface area contributed by atoms with Crippen LogP contribution in [0.5, 0.6) is 11.5 Å². The maximum atomic E-state index is 13.1. The van der Waals surface area contributed by atoms with E-state index in [1.807, 2.05) is 0 Å². The quantitative estimate of drug-likeness (QED) is 0.398. The number of methoxy groups -OCH3 is 2. The third kappa shape index (κ3) is 4.10. The Morgan fingerprint density at radius 2 is 1.59 bits per heavy atom. The predicted molar refractivity (Wildman–Crippen MR) is 123 cm³/mol. The van der Waals surface area contributed by atoms with E-state index in [9.17, 15) is 9.59 Å². The molecule has 162 valence electrons. The van der Waals surface area contributed by atoms with Crippen molar-refractivity contribution in [1.29, 1.82) is 0 Å². The van der Waals surface area contributed by atoms with E-state index in [0.717, 1.165) is 0 Å². The lowest BCUT2D eigenvalue weighted by Crippen LogP contribution is -2.18. The second kappa shape index (κ2) is 9.03. The van der Waals surface area contributed by atoms with Gasteiger partial charge in [0.2, 0.25) is 5.76 Å². The lowest BCUT2D eigenvalue weighted by atomic mass is 10.1. The van der Waals surface area contributed by atoms with Gasteiger partial charge < -0.3 is 24.5 Å². The molecule has 1 aromatic heterocycles. The maximum absolute atomic E-state index is 13.1. The molecule has 0 bridgehead atoms. The third-order valence-corrected chi connectivity index (χ3v) is 5.04. The number of halogens is 1. The number of fused-ring (bicyclic) bond motifs is 1. The van der Waals surface area contributed by atoms with Crippen molar-refractivity contribution in [3.05, 3.63) is 83.1 Å². The first-order chi connectivity index (χ1) is 15.5. The smallest absolute Gasteiger partial charge is 0.293 e. The van der Waals surface area contributed by atoms with Crippen molar-refractivity contribution in [3.8, 4) is 11.5 Å². The number of hydrogen-bond donors (Lipinski definition) is 2. The van der Waals surface area contributed by atoms with Crippen LogP contribution in [0.15, 0.2) is 71.1 Å². The first-order valence-electron chi connectivity index (χ1n) is 9.62. The second-order valence-electron chi connectivity index (χ2n) is 6.76. The van der Waals surface area contributed by atoms with E-state index in [1.165, 1.54) is 14.2 Å². The first-order valence-corrected chi connectivity index (χ1v) is 10.0.